The number of amides is 2. The van der Waals surface area contributed by atoms with Gasteiger partial charge in [-0.25, -0.2) is 4.39 Å². The van der Waals surface area contributed by atoms with Crippen molar-refractivity contribution in [2.45, 2.75) is 55.9 Å². The van der Waals surface area contributed by atoms with Gasteiger partial charge in [0.2, 0.25) is 5.91 Å². The van der Waals surface area contributed by atoms with Gasteiger partial charge in [-0.3, -0.25) is 9.59 Å². The molecule has 0 aromatic heterocycles. The number of hydrogen-bond donors (Lipinski definition) is 2. The summed E-state index contributed by atoms with van der Waals surface area (Å²) in [6.07, 6.45) is 8.21. The van der Waals surface area contributed by atoms with Crippen LogP contribution in [0.3, 0.4) is 0 Å². The van der Waals surface area contributed by atoms with Crippen LogP contribution in [0.4, 0.5) is 10.1 Å². The molecule has 1 aliphatic carbocycles. The summed E-state index contributed by atoms with van der Waals surface area (Å²) in [5, 5.41) is 5.86. The van der Waals surface area contributed by atoms with Gasteiger partial charge in [-0.1, -0.05) is 50.3 Å². The largest absolute Gasteiger partial charge is 0.353 e. The predicted molar refractivity (Wildman–Crippen MR) is 116 cm³/mol. The summed E-state index contributed by atoms with van der Waals surface area (Å²) in [7, 11) is 0. The number of benzene rings is 2. The van der Waals surface area contributed by atoms with Gasteiger partial charge in [0.15, 0.2) is 0 Å². The Bertz CT molecular complexity index is 835. The highest BCUT2D eigenvalue weighted by molar-refractivity contribution is 8.00. The molecule has 0 radical (unpaired) electrons. The van der Waals surface area contributed by atoms with Gasteiger partial charge in [0.25, 0.3) is 5.91 Å². The van der Waals surface area contributed by atoms with Crippen LogP contribution in [-0.4, -0.2) is 23.6 Å². The highest BCUT2D eigenvalue weighted by atomic mass is 32.2. The van der Waals surface area contributed by atoms with E-state index in [4.69, 9.17) is 0 Å². The smallest absolute Gasteiger partial charge is 0.256 e. The number of carbonyl (C=O) groups is 2. The molecule has 2 amide bonds. The van der Waals surface area contributed by atoms with Crippen LogP contribution in [0.15, 0.2) is 53.4 Å². The fourth-order valence-corrected chi connectivity index (χ4v) is 4.42. The lowest BCUT2D eigenvalue weighted by Crippen LogP contribution is -2.36. The van der Waals surface area contributed by atoms with E-state index < -0.39 is 5.82 Å². The lowest BCUT2D eigenvalue weighted by Gasteiger charge is -2.21. The van der Waals surface area contributed by atoms with Crippen molar-refractivity contribution < 1.29 is 14.0 Å². The molecule has 2 aromatic rings. The maximum Gasteiger partial charge on any atom is 0.256 e. The Hall–Kier alpha value is -2.34. The van der Waals surface area contributed by atoms with Crippen LogP contribution in [0.25, 0.3) is 0 Å². The van der Waals surface area contributed by atoms with Crippen molar-refractivity contribution in [3.63, 3.8) is 0 Å². The molecule has 3 rings (SSSR count). The zero-order chi connectivity index (χ0) is 20.5. The van der Waals surface area contributed by atoms with Gasteiger partial charge in [-0.05, 0) is 43.2 Å². The third kappa shape index (κ3) is 6.89. The maximum atomic E-state index is 13.3. The molecule has 0 atom stereocenters. The Balaban J connectivity index is 1.57. The lowest BCUT2D eigenvalue weighted by atomic mass is 9.97. The number of hydrogen-bond acceptors (Lipinski definition) is 3. The number of thioether (sulfide) groups is 1. The number of rotatable bonds is 6. The van der Waals surface area contributed by atoms with Crippen molar-refractivity contribution in [3.8, 4) is 0 Å². The van der Waals surface area contributed by atoms with Gasteiger partial charge in [0.1, 0.15) is 5.82 Å². The molecule has 1 fully saturated rings. The molecule has 2 aromatic carbocycles. The predicted octanol–water partition coefficient (Wildman–Crippen LogP) is 5.40. The summed E-state index contributed by atoms with van der Waals surface area (Å²) in [5.41, 5.74) is 0.873. The summed E-state index contributed by atoms with van der Waals surface area (Å²) in [4.78, 5) is 25.8. The number of halogens is 1. The second kappa shape index (κ2) is 11.0. The van der Waals surface area contributed by atoms with Gasteiger partial charge in [-0.15, -0.1) is 11.8 Å². The normalized spacial score (nSPS) is 15.2. The second-order valence-corrected chi connectivity index (χ2v) is 8.38. The first kappa shape index (κ1) is 21.4. The van der Waals surface area contributed by atoms with Crippen LogP contribution < -0.4 is 10.6 Å². The Morgan fingerprint density at radius 2 is 1.69 bits per heavy atom. The highest BCUT2D eigenvalue weighted by Crippen LogP contribution is 2.24. The van der Waals surface area contributed by atoms with E-state index in [-0.39, 0.29) is 23.6 Å². The summed E-state index contributed by atoms with van der Waals surface area (Å²) >= 11 is 1.35. The minimum Gasteiger partial charge on any atom is -0.353 e. The molecule has 0 heterocycles. The Labute approximate surface area is 175 Å². The molecule has 29 heavy (non-hydrogen) atoms. The average Bonchev–Trinajstić information content (AvgIpc) is 2.68. The van der Waals surface area contributed by atoms with Gasteiger partial charge in [-0.2, -0.15) is 0 Å². The molecule has 1 saturated carbocycles. The van der Waals surface area contributed by atoms with E-state index in [9.17, 15) is 14.0 Å². The standard InChI is InChI=1S/C23H27FN2O2S/c24-17-9-8-12-19(15-17)26-23(28)20-13-6-7-14-21(20)29-16-22(27)25-18-10-4-2-1-3-5-11-18/h6-9,12-15,18H,1-5,10-11,16H2,(H,25,27)(H,26,28). The summed E-state index contributed by atoms with van der Waals surface area (Å²) in [5.74, 6) is -0.461. The van der Waals surface area contributed by atoms with Gasteiger partial charge in [0.05, 0.1) is 11.3 Å². The van der Waals surface area contributed by atoms with E-state index in [0.717, 1.165) is 17.7 Å². The molecule has 2 N–H and O–H groups in total. The zero-order valence-electron chi connectivity index (χ0n) is 16.5. The molecule has 1 aliphatic rings. The van der Waals surface area contributed by atoms with Crippen LogP contribution >= 0.6 is 11.8 Å². The number of nitrogens with one attached hydrogen (secondary N) is 2. The molecule has 0 aliphatic heterocycles. The molecule has 0 unspecified atom stereocenters. The minimum atomic E-state index is -0.406. The van der Waals surface area contributed by atoms with Crippen molar-refractivity contribution in [1.82, 2.24) is 5.32 Å². The summed E-state index contributed by atoms with van der Waals surface area (Å²) in [6.45, 7) is 0. The maximum absolute atomic E-state index is 13.3. The molecular weight excluding hydrogens is 387 g/mol. The Kier molecular flexibility index (Phi) is 8.11. The van der Waals surface area contributed by atoms with Crippen molar-refractivity contribution in [3.05, 3.63) is 59.9 Å². The first-order valence-corrected chi connectivity index (χ1v) is 11.2. The van der Waals surface area contributed by atoms with Crippen LogP contribution in [-0.2, 0) is 4.79 Å². The van der Waals surface area contributed by atoms with E-state index in [1.54, 1.807) is 24.3 Å². The van der Waals surface area contributed by atoms with Crippen molar-refractivity contribution in [1.29, 1.82) is 0 Å². The molecule has 0 bridgehead atoms. The monoisotopic (exact) mass is 414 g/mol. The number of anilines is 1. The van der Waals surface area contributed by atoms with Gasteiger partial charge >= 0.3 is 0 Å². The molecule has 6 heteroatoms. The van der Waals surface area contributed by atoms with Gasteiger partial charge in [0, 0.05) is 16.6 Å². The van der Waals surface area contributed by atoms with Crippen molar-refractivity contribution in [2.24, 2.45) is 0 Å². The lowest BCUT2D eigenvalue weighted by molar-refractivity contribution is -0.119. The Morgan fingerprint density at radius 3 is 2.45 bits per heavy atom. The van der Waals surface area contributed by atoms with E-state index in [0.29, 0.717) is 11.3 Å². The third-order valence-corrected chi connectivity index (χ3v) is 6.12. The summed E-state index contributed by atoms with van der Waals surface area (Å²) in [6, 6.07) is 13.2. The fourth-order valence-electron chi connectivity index (χ4n) is 3.56. The average molecular weight is 415 g/mol. The van der Waals surface area contributed by atoms with Crippen LogP contribution in [0, 0.1) is 5.82 Å². The fraction of sp³-hybridized carbons (Fsp3) is 0.391. The van der Waals surface area contributed by atoms with Crippen molar-refractivity contribution in [2.75, 3.05) is 11.1 Å². The SMILES string of the molecule is O=C(CSc1ccccc1C(=O)Nc1cccc(F)c1)NC1CCCCCCC1. The van der Waals surface area contributed by atoms with E-state index in [2.05, 4.69) is 10.6 Å². The molecular formula is C23H27FN2O2S. The quantitative estimate of drug-likeness (QED) is 0.622. The first-order valence-electron chi connectivity index (χ1n) is 10.2. The van der Waals surface area contributed by atoms with E-state index in [1.807, 2.05) is 12.1 Å². The topological polar surface area (TPSA) is 58.2 Å². The van der Waals surface area contributed by atoms with Crippen molar-refractivity contribution >= 4 is 29.3 Å². The highest BCUT2D eigenvalue weighted by Gasteiger charge is 2.16. The first-order chi connectivity index (χ1) is 14.1. The van der Waals surface area contributed by atoms with Crippen LogP contribution in [0.5, 0.6) is 0 Å². The van der Waals surface area contributed by atoms with Gasteiger partial charge < -0.3 is 10.6 Å². The van der Waals surface area contributed by atoms with E-state index in [1.165, 1.54) is 56.0 Å². The zero-order valence-corrected chi connectivity index (χ0v) is 17.3. The third-order valence-electron chi connectivity index (χ3n) is 5.04. The Morgan fingerprint density at radius 1 is 0.966 bits per heavy atom. The molecule has 0 spiro atoms. The molecule has 154 valence electrons. The molecule has 4 nitrogen and oxygen atoms in total. The van der Waals surface area contributed by atoms with Crippen LogP contribution in [0.1, 0.15) is 55.3 Å². The number of carbonyl (C=O) groups excluding carboxylic acids is 2. The summed E-state index contributed by atoms with van der Waals surface area (Å²) < 4.78 is 13.3. The van der Waals surface area contributed by atoms with Crippen LogP contribution in [0.2, 0.25) is 0 Å². The van der Waals surface area contributed by atoms with E-state index >= 15 is 0 Å². The second-order valence-electron chi connectivity index (χ2n) is 7.36. The molecule has 0 saturated heterocycles. The minimum absolute atomic E-state index is 0.000847.